The summed E-state index contributed by atoms with van der Waals surface area (Å²) in [7, 11) is -3.92. The molecule has 19 heavy (non-hydrogen) atoms. The molecule has 0 aromatic heterocycles. The van der Waals surface area contributed by atoms with E-state index in [0.717, 1.165) is 0 Å². The first-order valence-corrected chi connectivity index (χ1v) is 8.00. The number of halogens is 3. The zero-order chi connectivity index (χ0) is 14.0. The van der Waals surface area contributed by atoms with E-state index in [1.165, 1.54) is 24.3 Å². The van der Waals surface area contributed by atoms with Gasteiger partial charge < -0.3 is 4.18 Å². The molecule has 2 aromatic carbocycles. The molecule has 0 aliphatic carbocycles. The van der Waals surface area contributed by atoms with Crippen molar-refractivity contribution in [3.05, 3.63) is 57.0 Å². The molecule has 0 saturated carbocycles. The predicted molar refractivity (Wildman–Crippen MR) is 78.4 cm³/mol. The third kappa shape index (κ3) is 3.42. The Labute approximate surface area is 129 Å². The fourth-order valence-corrected chi connectivity index (χ4v) is 3.51. The summed E-state index contributed by atoms with van der Waals surface area (Å²) >= 11 is 14.7. The SMILES string of the molecule is O=S(=O)(Oc1ccc(Cl)c(Cl)c1)c1ccccc1Br. The van der Waals surface area contributed by atoms with Crippen molar-refractivity contribution in [2.75, 3.05) is 0 Å². The Kier molecular flexibility index (Phi) is 4.40. The van der Waals surface area contributed by atoms with Gasteiger partial charge in [-0.1, -0.05) is 35.3 Å². The van der Waals surface area contributed by atoms with E-state index in [0.29, 0.717) is 9.50 Å². The van der Waals surface area contributed by atoms with E-state index in [1.807, 2.05) is 0 Å². The average Bonchev–Trinajstić information content (AvgIpc) is 2.34. The lowest BCUT2D eigenvalue weighted by molar-refractivity contribution is 0.485. The predicted octanol–water partition coefficient (Wildman–Crippen LogP) is 4.52. The first kappa shape index (κ1) is 14.7. The van der Waals surface area contributed by atoms with Gasteiger partial charge in [0.25, 0.3) is 0 Å². The van der Waals surface area contributed by atoms with E-state index >= 15 is 0 Å². The van der Waals surface area contributed by atoms with Gasteiger partial charge in [0.05, 0.1) is 10.0 Å². The summed E-state index contributed by atoms with van der Waals surface area (Å²) in [4.78, 5) is 0.0427. The molecule has 0 spiro atoms. The Hall–Kier alpha value is -0.750. The number of hydrogen-bond acceptors (Lipinski definition) is 3. The van der Waals surface area contributed by atoms with Gasteiger partial charge in [-0.3, -0.25) is 0 Å². The summed E-state index contributed by atoms with van der Waals surface area (Å²) in [6, 6.07) is 10.6. The average molecular weight is 382 g/mol. The second kappa shape index (κ2) is 5.71. The third-order valence-electron chi connectivity index (χ3n) is 2.20. The summed E-state index contributed by atoms with van der Waals surface area (Å²) in [5.74, 6) is 0.102. The lowest BCUT2D eigenvalue weighted by Gasteiger charge is -2.08. The molecule has 0 radical (unpaired) electrons. The van der Waals surface area contributed by atoms with Crippen LogP contribution in [0.4, 0.5) is 0 Å². The molecule has 0 atom stereocenters. The molecule has 0 unspecified atom stereocenters. The summed E-state index contributed by atoms with van der Waals surface area (Å²) < 4.78 is 29.6. The van der Waals surface area contributed by atoms with Crippen molar-refractivity contribution in [2.45, 2.75) is 4.90 Å². The molecule has 0 aliphatic rings. The maximum Gasteiger partial charge on any atom is 0.340 e. The molecule has 0 heterocycles. The Morgan fingerprint density at radius 3 is 2.32 bits per heavy atom. The molecular weight excluding hydrogens is 375 g/mol. The molecule has 0 N–H and O–H groups in total. The maximum absolute atomic E-state index is 12.1. The van der Waals surface area contributed by atoms with Gasteiger partial charge in [-0.25, -0.2) is 0 Å². The minimum absolute atomic E-state index is 0.0427. The van der Waals surface area contributed by atoms with Crippen LogP contribution in [0.5, 0.6) is 5.75 Å². The molecule has 0 fully saturated rings. The van der Waals surface area contributed by atoms with E-state index in [2.05, 4.69) is 15.9 Å². The minimum atomic E-state index is -3.92. The lowest BCUT2D eigenvalue weighted by Crippen LogP contribution is -2.10. The molecule has 7 heteroatoms. The van der Waals surface area contributed by atoms with Gasteiger partial charge in [-0.15, -0.1) is 0 Å². The Balaban J connectivity index is 2.37. The first-order valence-electron chi connectivity index (χ1n) is 5.04. The van der Waals surface area contributed by atoms with Crippen molar-refractivity contribution in [1.29, 1.82) is 0 Å². The highest BCUT2D eigenvalue weighted by atomic mass is 79.9. The Morgan fingerprint density at radius 1 is 1.00 bits per heavy atom. The van der Waals surface area contributed by atoms with Crippen LogP contribution < -0.4 is 4.18 Å². The lowest BCUT2D eigenvalue weighted by atomic mass is 10.3. The molecule has 3 nitrogen and oxygen atoms in total. The summed E-state index contributed by atoms with van der Waals surface area (Å²) in [5, 5.41) is 0.550. The van der Waals surface area contributed by atoms with Gasteiger partial charge in [0, 0.05) is 10.5 Å². The number of hydrogen-bond donors (Lipinski definition) is 0. The minimum Gasteiger partial charge on any atom is -0.379 e. The molecular formula is C12H7BrCl2O3S. The fraction of sp³-hybridized carbons (Fsp3) is 0. The van der Waals surface area contributed by atoms with Crippen molar-refractivity contribution < 1.29 is 12.6 Å². The second-order valence-corrected chi connectivity index (χ2v) is 6.73. The van der Waals surface area contributed by atoms with Crippen LogP contribution >= 0.6 is 39.1 Å². The van der Waals surface area contributed by atoms with Crippen molar-refractivity contribution in [1.82, 2.24) is 0 Å². The van der Waals surface area contributed by atoms with Gasteiger partial charge in [0.15, 0.2) is 0 Å². The van der Waals surface area contributed by atoms with Crippen molar-refractivity contribution in [3.63, 3.8) is 0 Å². The highest BCUT2D eigenvalue weighted by Gasteiger charge is 2.19. The van der Waals surface area contributed by atoms with E-state index in [1.54, 1.807) is 18.2 Å². The highest BCUT2D eigenvalue weighted by molar-refractivity contribution is 9.10. The molecule has 0 saturated heterocycles. The third-order valence-corrected chi connectivity index (χ3v) is 5.20. The van der Waals surface area contributed by atoms with Gasteiger partial charge in [-0.2, -0.15) is 8.42 Å². The number of benzene rings is 2. The molecule has 0 aliphatic heterocycles. The van der Waals surface area contributed by atoms with Crippen LogP contribution in [0.3, 0.4) is 0 Å². The van der Waals surface area contributed by atoms with Gasteiger partial charge in [0.1, 0.15) is 10.6 Å². The first-order chi connectivity index (χ1) is 8.90. The van der Waals surface area contributed by atoms with Gasteiger partial charge >= 0.3 is 10.1 Å². The van der Waals surface area contributed by atoms with Gasteiger partial charge in [-0.05, 0) is 40.2 Å². The Bertz CT molecular complexity index is 717. The molecule has 100 valence electrons. The van der Waals surface area contributed by atoms with Crippen molar-refractivity contribution in [3.8, 4) is 5.75 Å². The van der Waals surface area contributed by atoms with E-state index < -0.39 is 10.1 Å². The van der Waals surface area contributed by atoms with Crippen molar-refractivity contribution in [2.24, 2.45) is 0 Å². The van der Waals surface area contributed by atoms with E-state index in [9.17, 15) is 8.42 Å². The Morgan fingerprint density at radius 2 is 1.68 bits per heavy atom. The monoisotopic (exact) mass is 380 g/mol. The van der Waals surface area contributed by atoms with E-state index in [4.69, 9.17) is 27.4 Å². The van der Waals surface area contributed by atoms with Crippen LogP contribution in [0.2, 0.25) is 10.0 Å². The van der Waals surface area contributed by atoms with Crippen LogP contribution in [-0.2, 0) is 10.1 Å². The fourth-order valence-electron chi connectivity index (χ4n) is 1.35. The highest BCUT2D eigenvalue weighted by Crippen LogP contribution is 2.29. The normalized spacial score (nSPS) is 11.3. The van der Waals surface area contributed by atoms with Crippen LogP contribution in [0, 0.1) is 0 Å². The zero-order valence-electron chi connectivity index (χ0n) is 9.31. The second-order valence-electron chi connectivity index (χ2n) is 3.54. The maximum atomic E-state index is 12.1. The molecule has 0 bridgehead atoms. The summed E-state index contributed by atoms with van der Waals surface area (Å²) in [6.45, 7) is 0. The van der Waals surface area contributed by atoms with Crippen molar-refractivity contribution >= 4 is 49.2 Å². The quantitative estimate of drug-likeness (QED) is 0.734. The van der Waals surface area contributed by atoms with Gasteiger partial charge in [0.2, 0.25) is 0 Å². The summed E-state index contributed by atoms with van der Waals surface area (Å²) in [5.41, 5.74) is 0. The number of rotatable bonds is 3. The van der Waals surface area contributed by atoms with Crippen LogP contribution in [0.25, 0.3) is 0 Å². The smallest absolute Gasteiger partial charge is 0.340 e. The molecule has 2 rings (SSSR count). The molecule has 2 aromatic rings. The summed E-state index contributed by atoms with van der Waals surface area (Å²) in [6.07, 6.45) is 0. The van der Waals surface area contributed by atoms with Crippen LogP contribution in [0.15, 0.2) is 51.8 Å². The van der Waals surface area contributed by atoms with Crippen LogP contribution in [0.1, 0.15) is 0 Å². The zero-order valence-corrected chi connectivity index (χ0v) is 13.2. The molecule has 0 amide bonds. The van der Waals surface area contributed by atoms with Crippen LogP contribution in [-0.4, -0.2) is 8.42 Å². The van der Waals surface area contributed by atoms with E-state index in [-0.39, 0.29) is 15.7 Å². The standard InChI is InChI=1S/C12H7BrCl2O3S/c13-9-3-1-2-4-12(9)19(16,17)18-8-5-6-10(14)11(15)7-8/h1-7H. The largest absolute Gasteiger partial charge is 0.379 e. The topological polar surface area (TPSA) is 43.4 Å².